The van der Waals surface area contributed by atoms with E-state index < -0.39 is 10.8 Å². The minimum atomic E-state index is -0.622. The first kappa shape index (κ1) is 20.7. The molecule has 0 saturated heterocycles. The number of nitro groups is 1. The topological polar surface area (TPSA) is 117 Å². The Morgan fingerprint density at radius 3 is 2.90 bits per heavy atom. The van der Waals surface area contributed by atoms with E-state index in [-0.39, 0.29) is 22.1 Å². The SMILES string of the molecule is COc1ccc(C(=O)NC(=S)Nc2sc3c(c2C#N)CC[C@@H](C)C3)cc1[N+](=O)[O-]. The molecule has 0 unspecified atom stereocenters. The minimum absolute atomic E-state index is 0.0246. The fourth-order valence-electron chi connectivity index (χ4n) is 3.24. The summed E-state index contributed by atoms with van der Waals surface area (Å²) in [4.78, 5) is 24.1. The van der Waals surface area contributed by atoms with Crippen molar-refractivity contribution in [2.45, 2.75) is 26.2 Å². The summed E-state index contributed by atoms with van der Waals surface area (Å²) in [6.45, 7) is 2.18. The molecule has 2 N–H and O–H groups in total. The van der Waals surface area contributed by atoms with Gasteiger partial charge in [0.25, 0.3) is 5.91 Å². The van der Waals surface area contributed by atoms with Gasteiger partial charge in [-0.2, -0.15) is 5.26 Å². The van der Waals surface area contributed by atoms with E-state index in [1.807, 2.05) is 0 Å². The van der Waals surface area contributed by atoms with Crippen LogP contribution < -0.4 is 15.4 Å². The summed E-state index contributed by atoms with van der Waals surface area (Å²) >= 11 is 6.69. The van der Waals surface area contributed by atoms with Gasteiger partial charge in [0, 0.05) is 16.5 Å². The first-order valence-electron chi connectivity index (χ1n) is 8.83. The minimum Gasteiger partial charge on any atom is -0.490 e. The molecule has 1 atom stereocenters. The number of carbonyl (C=O) groups is 1. The molecule has 8 nitrogen and oxygen atoms in total. The monoisotopic (exact) mass is 430 g/mol. The second kappa shape index (κ2) is 8.55. The van der Waals surface area contributed by atoms with Crippen LogP contribution in [0.5, 0.6) is 5.75 Å². The molecule has 1 aromatic heterocycles. The smallest absolute Gasteiger partial charge is 0.311 e. The maximum Gasteiger partial charge on any atom is 0.311 e. The number of carbonyl (C=O) groups excluding carboxylic acids is 1. The number of nitro benzene ring substituents is 1. The molecule has 0 saturated carbocycles. The highest BCUT2D eigenvalue weighted by atomic mass is 32.1. The lowest BCUT2D eigenvalue weighted by molar-refractivity contribution is -0.385. The van der Waals surface area contributed by atoms with Crippen molar-refractivity contribution in [3.8, 4) is 11.8 Å². The highest BCUT2D eigenvalue weighted by Gasteiger charge is 2.25. The predicted octanol–water partition coefficient (Wildman–Crippen LogP) is 3.79. The van der Waals surface area contributed by atoms with Crippen LogP contribution in [-0.2, 0) is 12.8 Å². The largest absolute Gasteiger partial charge is 0.490 e. The molecule has 2 aromatic rings. The van der Waals surface area contributed by atoms with Crippen LogP contribution in [0.4, 0.5) is 10.7 Å². The summed E-state index contributed by atoms with van der Waals surface area (Å²) in [6, 6.07) is 6.12. The number of nitrogens with one attached hydrogen (secondary N) is 2. The van der Waals surface area contributed by atoms with Crippen LogP contribution >= 0.6 is 23.6 Å². The molecule has 1 aliphatic rings. The first-order chi connectivity index (χ1) is 13.8. The fourth-order valence-corrected chi connectivity index (χ4v) is 4.87. The second-order valence-electron chi connectivity index (χ2n) is 6.72. The lowest BCUT2D eigenvalue weighted by atomic mass is 9.89. The molecule has 150 valence electrons. The number of hydrogen-bond donors (Lipinski definition) is 2. The molecule has 29 heavy (non-hydrogen) atoms. The zero-order chi connectivity index (χ0) is 21.1. The van der Waals surface area contributed by atoms with Crippen LogP contribution in [0.2, 0.25) is 0 Å². The van der Waals surface area contributed by atoms with Crippen molar-refractivity contribution in [1.82, 2.24) is 5.32 Å². The van der Waals surface area contributed by atoms with Gasteiger partial charge in [-0.05, 0) is 55.1 Å². The van der Waals surface area contributed by atoms with Gasteiger partial charge < -0.3 is 10.1 Å². The number of nitrogens with zero attached hydrogens (tertiary/aromatic N) is 2. The number of amides is 1. The fraction of sp³-hybridized carbons (Fsp3) is 0.316. The van der Waals surface area contributed by atoms with Crippen LogP contribution in [0.3, 0.4) is 0 Å². The average molecular weight is 431 g/mol. The molecule has 3 rings (SSSR count). The molecule has 1 amide bonds. The van der Waals surface area contributed by atoms with Gasteiger partial charge in [0.05, 0.1) is 17.6 Å². The van der Waals surface area contributed by atoms with Crippen LogP contribution in [0.1, 0.15) is 39.7 Å². The summed E-state index contributed by atoms with van der Waals surface area (Å²) in [5, 5.41) is 26.7. The van der Waals surface area contributed by atoms with Gasteiger partial charge in [0.2, 0.25) is 0 Å². The number of nitriles is 1. The van der Waals surface area contributed by atoms with Crippen molar-refractivity contribution in [2.75, 3.05) is 12.4 Å². The Bertz CT molecular complexity index is 1040. The maximum atomic E-state index is 12.4. The number of ether oxygens (including phenoxy) is 1. The second-order valence-corrected chi connectivity index (χ2v) is 8.23. The van der Waals surface area contributed by atoms with Crippen molar-refractivity contribution >= 4 is 45.3 Å². The van der Waals surface area contributed by atoms with Gasteiger partial charge >= 0.3 is 5.69 Å². The Balaban J connectivity index is 1.75. The van der Waals surface area contributed by atoms with Gasteiger partial charge in [0.1, 0.15) is 11.1 Å². The van der Waals surface area contributed by atoms with Gasteiger partial charge in [-0.3, -0.25) is 20.2 Å². The third-order valence-electron chi connectivity index (χ3n) is 4.72. The molecule has 1 heterocycles. The first-order valence-corrected chi connectivity index (χ1v) is 10.1. The molecule has 1 aromatic carbocycles. The number of thiophene rings is 1. The number of benzene rings is 1. The summed E-state index contributed by atoms with van der Waals surface area (Å²) in [5.74, 6) is 0.0315. The molecule has 1 aliphatic carbocycles. The van der Waals surface area contributed by atoms with E-state index in [0.717, 1.165) is 30.9 Å². The number of fused-ring (bicyclic) bond motifs is 1. The molecule has 0 bridgehead atoms. The summed E-state index contributed by atoms with van der Waals surface area (Å²) < 4.78 is 4.93. The number of thiocarbonyl (C=S) groups is 1. The lowest BCUT2D eigenvalue weighted by Gasteiger charge is -2.17. The average Bonchev–Trinajstić information content (AvgIpc) is 3.02. The van der Waals surface area contributed by atoms with Crippen molar-refractivity contribution in [2.24, 2.45) is 5.92 Å². The van der Waals surface area contributed by atoms with Crippen molar-refractivity contribution in [3.63, 3.8) is 0 Å². The third-order valence-corrected chi connectivity index (χ3v) is 6.09. The Morgan fingerprint density at radius 1 is 1.48 bits per heavy atom. The third kappa shape index (κ3) is 4.36. The Morgan fingerprint density at radius 2 is 2.24 bits per heavy atom. The predicted molar refractivity (Wildman–Crippen MR) is 114 cm³/mol. The summed E-state index contributed by atoms with van der Waals surface area (Å²) in [5.41, 5.74) is 1.37. The van der Waals surface area contributed by atoms with Crippen LogP contribution in [-0.4, -0.2) is 23.1 Å². The van der Waals surface area contributed by atoms with Gasteiger partial charge in [0.15, 0.2) is 10.9 Å². The van der Waals surface area contributed by atoms with Gasteiger partial charge in [-0.25, -0.2) is 0 Å². The van der Waals surface area contributed by atoms with Gasteiger partial charge in [-0.1, -0.05) is 6.92 Å². The van der Waals surface area contributed by atoms with E-state index in [4.69, 9.17) is 17.0 Å². The number of anilines is 1. The van der Waals surface area contributed by atoms with E-state index in [1.54, 1.807) is 0 Å². The summed E-state index contributed by atoms with van der Waals surface area (Å²) in [7, 11) is 1.31. The zero-order valence-electron chi connectivity index (χ0n) is 15.8. The molecule has 0 spiro atoms. The van der Waals surface area contributed by atoms with Crippen molar-refractivity contribution in [1.29, 1.82) is 5.26 Å². The van der Waals surface area contributed by atoms with Gasteiger partial charge in [-0.15, -0.1) is 11.3 Å². The normalized spacial score (nSPS) is 15.0. The number of rotatable bonds is 4. The molecular formula is C19H18N4O4S2. The standard InChI is InChI=1S/C19H18N4O4S2/c1-10-3-5-12-13(9-20)18(29-16(12)7-10)22-19(28)21-17(24)11-4-6-15(27-2)14(8-11)23(25)26/h4,6,8,10H,3,5,7H2,1-2H3,(H2,21,22,24,28)/t10-/m1/s1. The molecule has 0 fully saturated rings. The Kier molecular flexibility index (Phi) is 6.10. The van der Waals surface area contributed by atoms with E-state index in [2.05, 4.69) is 23.6 Å². The van der Waals surface area contributed by atoms with Crippen LogP contribution in [0.25, 0.3) is 0 Å². The Labute approximate surface area is 176 Å². The number of methoxy groups -OCH3 is 1. The maximum absolute atomic E-state index is 12.4. The van der Waals surface area contributed by atoms with Crippen LogP contribution in [0, 0.1) is 27.4 Å². The summed E-state index contributed by atoms with van der Waals surface area (Å²) in [6.07, 6.45) is 2.81. The molecule has 0 radical (unpaired) electrons. The van der Waals surface area contributed by atoms with E-state index in [9.17, 15) is 20.2 Å². The van der Waals surface area contributed by atoms with E-state index >= 15 is 0 Å². The van der Waals surface area contributed by atoms with Crippen molar-refractivity contribution < 1.29 is 14.5 Å². The molecule has 0 aliphatic heterocycles. The van der Waals surface area contributed by atoms with E-state index in [0.29, 0.717) is 16.5 Å². The quantitative estimate of drug-likeness (QED) is 0.430. The van der Waals surface area contributed by atoms with E-state index in [1.165, 1.54) is 35.5 Å². The Hall–Kier alpha value is -3.03. The zero-order valence-corrected chi connectivity index (χ0v) is 17.4. The lowest BCUT2D eigenvalue weighted by Crippen LogP contribution is -2.34. The molecular weight excluding hydrogens is 412 g/mol. The highest BCUT2D eigenvalue weighted by molar-refractivity contribution is 7.80. The van der Waals surface area contributed by atoms with Crippen molar-refractivity contribution in [3.05, 3.63) is 49.9 Å². The van der Waals surface area contributed by atoms with Crippen LogP contribution in [0.15, 0.2) is 18.2 Å². The highest BCUT2D eigenvalue weighted by Crippen LogP contribution is 2.39. The molecule has 10 heteroatoms. The number of hydrogen-bond acceptors (Lipinski definition) is 7.